The van der Waals surface area contributed by atoms with Crippen LogP contribution in [0.5, 0.6) is 0 Å². The maximum absolute atomic E-state index is 12.7. The van der Waals surface area contributed by atoms with Crippen LogP contribution in [-0.2, 0) is 13.0 Å². The van der Waals surface area contributed by atoms with Crippen LogP contribution in [0.25, 0.3) is 27.7 Å². The predicted octanol–water partition coefficient (Wildman–Crippen LogP) is 3.33. The van der Waals surface area contributed by atoms with Gasteiger partial charge in [-0.1, -0.05) is 12.1 Å². The summed E-state index contributed by atoms with van der Waals surface area (Å²) in [6, 6.07) is 13.8. The fraction of sp³-hybridized carbons (Fsp3) is 0.182. The zero-order valence-electron chi connectivity index (χ0n) is 15.1. The van der Waals surface area contributed by atoms with Crippen LogP contribution in [0.4, 0.5) is 0 Å². The van der Waals surface area contributed by atoms with Crippen LogP contribution >= 0.6 is 0 Å². The number of fused-ring (bicyclic) bond motifs is 3. The second kappa shape index (κ2) is 6.21. The summed E-state index contributed by atoms with van der Waals surface area (Å²) in [5, 5.41) is 4.65. The molecule has 0 amide bonds. The monoisotopic (exact) mass is 356 g/mol. The summed E-state index contributed by atoms with van der Waals surface area (Å²) in [4.78, 5) is 20.6. The molecule has 134 valence electrons. The lowest BCUT2D eigenvalue weighted by molar-refractivity contribution is 0.641. The molecule has 0 atom stereocenters. The number of nitrogens with one attached hydrogen (secondary N) is 2. The van der Waals surface area contributed by atoms with Gasteiger partial charge in [0.25, 0.3) is 5.56 Å². The number of H-pyrrole nitrogens is 1. The van der Waals surface area contributed by atoms with E-state index in [0.29, 0.717) is 0 Å². The Morgan fingerprint density at radius 1 is 1.07 bits per heavy atom. The van der Waals surface area contributed by atoms with E-state index in [1.807, 2.05) is 37.4 Å². The van der Waals surface area contributed by atoms with Crippen LogP contribution in [0.15, 0.2) is 59.7 Å². The number of benzene rings is 1. The first-order valence-corrected chi connectivity index (χ1v) is 9.19. The van der Waals surface area contributed by atoms with Gasteiger partial charge in [-0.2, -0.15) is 0 Å². The minimum absolute atomic E-state index is 0.0505. The highest BCUT2D eigenvalue weighted by Crippen LogP contribution is 2.26. The molecule has 1 aliphatic rings. The van der Waals surface area contributed by atoms with Crippen molar-refractivity contribution >= 4 is 10.9 Å². The summed E-state index contributed by atoms with van der Waals surface area (Å²) in [5.41, 5.74) is 7.34. The largest absolute Gasteiger partial charge is 0.358 e. The number of nitrogens with zero attached hydrogens (tertiary/aromatic N) is 2. The summed E-state index contributed by atoms with van der Waals surface area (Å²) in [6.45, 7) is 3.85. The molecule has 27 heavy (non-hydrogen) atoms. The van der Waals surface area contributed by atoms with Gasteiger partial charge in [0, 0.05) is 65.8 Å². The lowest BCUT2D eigenvalue weighted by Crippen LogP contribution is -2.22. The smallest absolute Gasteiger partial charge is 0.255 e. The lowest BCUT2D eigenvalue weighted by atomic mass is 10.1. The van der Waals surface area contributed by atoms with Crippen LogP contribution in [0, 0.1) is 6.92 Å². The number of rotatable bonds is 2. The molecule has 0 fully saturated rings. The van der Waals surface area contributed by atoms with E-state index < -0.39 is 0 Å². The van der Waals surface area contributed by atoms with Crippen molar-refractivity contribution in [2.45, 2.75) is 19.9 Å². The Labute approximate surface area is 156 Å². The van der Waals surface area contributed by atoms with Gasteiger partial charge in [0.2, 0.25) is 0 Å². The third kappa shape index (κ3) is 2.76. The highest BCUT2D eigenvalue weighted by Gasteiger charge is 2.15. The molecule has 1 aliphatic heterocycles. The van der Waals surface area contributed by atoms with Gasteiger partial charge in [-0.15, -0.1) is 0 Å². The number of hydrogen-bond acceptors (Lipinski definition) is 3. The van der Waals surface area contributed by atoms with Gasteiger partial charge < -0.3 is 10.3 Å². The van der Waals surface area contributed by atoms with E-state index in [-0.39, 0.29) is 5.56 Å². The van der Waals surface area contributed by atoms with E-state index in [1.54, 1.807) is 16.8 Å². The summed E-state index contributed by atoms with van der Waals surface area (Å²) >= 11 is 0. The predicted molar refractivity (Wildman–Crippen MR) is 107 cm³/mol. The molecule has 1 aromatic carbocycles. The molecular formula is C22H20N4O. The maximum atomic E-state index is 12.7. The van der Waals surface area contributed by atoms with Crippen molar-refractivity contribution in [2.24, 2.45) is 0 Å². The first-order valence-electron chi connectivity index (χ1n) is 9.19. The Hall–Kier alpha value is -3.18. The normalized spacial score (nSPS) is 13.7. The Kier molecular flexibility index (Phi) is 3.69. The van der Waals surface area contributed by atoms with E-state index in [4.69, 9.17) is 0 Å². The number of aromatic nitrogens is 3. The van der Waals surface area contributed by atoms with Crippen molar-refractivity contribution in [3.05, 3.63) is 82.2 Å². The fourth-order valence-electron chi connectivity index (χ4n) is 3.80. The first-order chi connectivity index (χ1) is 13.2. The SMILES string of the molecule is Cc1ccc(-c2ccn(-c3ccc4c5c([nH]c4c3)CCNC5)c(=O)c2)cn1. The van der Waals surface area contributed by atoms with Gasteiger partial charge in [0.15, 0.2) is 0 Å². The Morgan fingerprint density at radius 3 is 2.81 bits per heavy atom. The Morgan fingerprint density at radius 2 is 2.00 bits per heavy atom. The summed E-state index contributed by atoms with van der Waals surface area (Å²) in [5.74, 6) is 0. The van der Waals surface area contributed by atoms with E-state index in [0.717, 1.165) is 47.5 Å². The number of hydrogen-bond donors (Lipinski definition) is 2. The average Bonchev–Trinajstić information content (AvgIpc) is 3.06. The van der Waals surface area contributed by atoms with Gasteiger partial charge in [-0.3, -0.25) is 14.3 Å². The molecule has 0 saturated carbocycles. The van der Waals surface area contributed by atoms with E-state index in [9.17, 15) is 4.79 Å². The van der Waals surface area contributed by atoms with Gasteiger partial charge in [-0.25, -0.2) is 0 Å². The third-order valence-electron chi connectivity index (χ3n) is 5.27. The fourth-order valence-corrected chi connectivity index (χ4v) is 3.80. The highest BCUT2D eigenvalue weighted by molar-refractivity contribution is 5.86. The quantitative estimate of drug-likeness (QED) is 0.579. The van der Waals surface area contributed by atoms with Crippen LogP contribution in [0.3, 0.4) is 0 Å². The number of aromatic amines is 1. The van der Waals surface area contributed by atoms with E-state index in [2.05, 4.69) is 27.4 Å². The van der Waals surface area contributed by atoms with E-state index in [1.165, 1.54) is 16.6 Å². The second-order valence-electron chi connectivity index (χ2n) is 7.05. The molecule has 0 radical (unpaired) electrons. The van der Waals surface area contributed by atoms with Crippen molar-refractivity contribution in [1.29, 1.82) is 0 Å². The van der Waals surface area contributed by atoms with Crippen LogP contribution in [0.2, 0.25) is 0 Å². The van der Waals surface area contributed by atoms with E-state index >= 15 is 0 Å². The number of aryl methyl sites for hydroxylation is 1. The van der Waals surface area contributed by atoms with Crippen LogP contribution in [0.1, 0.15) is 17.0 Å². The standard InChI is InChI=1S/C22H20N4O/c1-14-2-3-16(12-24-14)15-7-9-26(22(27)10-15)17-4-5-18-19-13-23-8-6-20(19)25-21(18)11-17/h2-5,7,9-12,23,25H,6,8,13H2,1H3. The molecule has 5 rings (SSSR count). The molecule has 0 saturated heterocycles. The maximum Gasteiger partial charge on any atom is 0.255 e. The second-order valence-corrected chi connectivity index (χ2v) is 7.05. The van der Waals surface area contributed by atoms with Crippen molar-refractivity contribution in [3.8, 4) is 16.8 Å². The molecule has 0 spiro atoms. The summed E-state index contributed by atoms with van der Waals surface area (Å²) < 4.78 is 1.68. The molecule has 4 heterocycles. The minimum atomic E-state index is -0.0505. The number of pyridine rings is 2. The van der Waals surface area contributed by atoms with Gasteiger partial charge >= 0.3 is 0 Å². The zero-order chi connectivity index (χ0) is 18.4. The summed E-state index contributed by atoms with van der Waals surface area (Å²) in [6.07, 6.45) is 4.65. The van der Waals surface area contributed by atoms with Crippen molar-refractivity contribution < 1.29 is 0 Å². The van der Waals surface area contributed by atoms with Crippen molar-refractivity contribution in [3.63, 3.8) is 0 Å². The molecule has 5 heteroatoms. The molecule has 4 aromatic rings. The van der Waals surface area contributed by atoms with Crippen molar-refractivity contribution in [1.82, 2.24) is 19.9 Å². The molecule has 3 aromatic heterocycles. The Balaban J connectivity index is 1.56. The average molecular weight is 356 g/mol. The molecule has 5 nitrogen and oxygen atoms in total. The Bertz CT molecular complexity index is 1200. The third-order valence-corrected chi connectivity index (χ3v) is 5.27. The summed E-state index contributed by atoms with van der Waals surface area (Å²) in [7, 11) is 0. The van der Waals surface area contributed by atoms with Gasteiger partial charge in [-0.05, 0) is 42.3 Å². The highest BCUT2D eigenvalue weighted by atomic mass is 16.1. The van der Waals surface area contributed by atoms with Gasteiger partial charge in [0.1, 0.15) is 0 Å². The topological polar surface area (TPSA) is 62.7 Å². The first kappa shape index (κ1) is 16.0. The molecule has 0 unspecified atom stereocenters. The minimum Gasteiger partial charge on any atom is -0.358 e. The molecule has 0 aliphatic carbocycles. The molecule has 2 N–H and O–H groups in total. The van der Waals surface area contributed by atoms with Gasteiger partial charge in [0.05, 0.1) is 5.69 Å². The van der Waals surface area contributed by atoms with Crippen LogP contribution < -0.4 is 10.9 Å². The molecular weight excluding hydrogens is 336 g/mol. The molecule has 0 bridgehead atoms. The van der Waals surface area contributed by atoms with Crippen molar-refractivity contribution in [2.75, 3.05) is 6.54 Å². The zero-order valence-corrected chi connectivity index (χ0v) is 15.1. The lowest BCUT2D eigenvalue weighted by Gasteiger charge is -2.12. The van der Waals surface area contributed by atoms with Crippen LogP contribution in [-0.4, -0.2) is 21.1 Å².